The largest absolute Gasteiger partial charge is 0.486 e. The normalized spacial score (nSPS) is 13.0. The summed E-state index contributed by atoms with van der Waals surface area (Å²) in [4.78, 5) is 12.8. The first-order valence-electron chi connectivity index (χ1n) is 10.4. The molecule has 9 heteroatoms. The molecule has 0 atom stereocenters. The standard InChI is InChI=1S/C24H23ClN2O5S/c25-19-6-8-20(9-7-19)26-24(28)17-27(13-12-18-4-2-1-3-5-18)33(29,30)21-10-11-22-23(16-21)32-15-14-31-22/h1-11,16H,12-15,17H2,(H,26,28). The molecule has 0 saturated heterocycles. The second kappa shape index (κ2) is 10.2. The predicted molar refractivity (Wildman–Crippen MR) is 126 cm³/mol. The van der Waals surface area contributed by atoms with Gasteiger partial charge >= 0.3 is 0 Å². The van der Waals surface area contributed by atoms with Gasteiger partial charge in [-0.3, -0.25) is 4.79 Å². The Morgan fingerprint density at radius 1 is 0.939 bits per heavy atom. The third-order valence-corrected chi connectivity index (χ3v) is 7.19. The monoisotopic (exact) mass is 486 g/mol. The third-order valence-electron chi connectivity index (χ3n) is 5.09. The number of amides is 1. The van der Waals surface area contributed by atoms with Gasteiger partial charge < -0.3 is 14.8 Å². The van der Waals surface area contributed by atoms with E-state index in [1.165, 1.54) is 16.4 Å². The summed E-state index contributed by atoms with van der Waals surface area (Å²) in [5.41, 5.74) is 1.50. The van der Waals surface area contributed by atoms with Crippen molar-refractivity contribution in [3.63, 3.8) is 0 Å². The Kier molecular flexibility index (Phi) is 7.17. The summed E-state index contributed by atoms with van der Waals surface area (Å²) in [5, 5.41) is 3.26. The average molecular weight is 487 g/mol. The Hall–Kier alpha value is -3.07. The number of fused-ring (bicyclic) bond motifs is 1. The molecule has 0 fully saturated rings. The molecule has 1 amide bonds. The molecule has 1 N–H and O–H groups in total. The molecular weight excluding hydrogens is 464 g/mol. The van der Waals surface area contributed by atoms with Crippen molar-refractivity contribution in [3.8, 4) is 11.5 Å². The number of hydrogen-bond acceptors (Lipinski definition) is 5. The van der Waals surface area contributed by atoms with E-state index in [2.05, 4.69) is 5.32 Å². The first-order valence-corrected chi connectivity index (χ1v) is 12.2. The number of carbonyl (C=O) groups is 1. The van der Waals surface area contributed by atoms with E-state index in [4.69, 9.17) is 21.1 Å². The van der Waals surface area contributed by atoms with Crippen LogP contribution in [0.1, 0.15) is 5.56 Å². The molecule has 1 aliphatic rings. The molecule has 3 aromatic rings. The lowest BCUT2D eigenvalue weighted by Crippen LogP contribution is -2.39. The van der Waals surface area contributed by atoms with E-state index in [1.807, 2.05) is 30.3 Å². The molecule has 0 radical (unpaired) electrons. The van der Waals surface area contributed by atoms with Gasteiger partial charge in [0.05, 0.1) is 11.4 Å². The Morgan fingerprint density at radius 2 is 1.64 bits per heavy atom. The molecule has 172 valence electrons. The van der Waals surface area contributed by atoms with Gasteiger partial charge in [0.2, 0.25) is 15.9 Å². The number of nitrogens with one attached hydrogen (secondary N) is 1. The van der Waals surface area contributed by atoms with Gasteiger partial charge in [-0.15, -0.1) is 0 Å². The van der Waals surface area contributed by atoms with Crippen molar-refractivity contribution >= 4 is 33.2 Å². The summed E-state index contributed by atoms with van der Waals surface area (Å²) in [5.74, 6) is 0.416. The lowest BCUT2D eigenvalue weighted by atomic mass is 10.1. The topological polar surface area (TPSA) is 84.9 Å². The van der Waals surface area contributed by atoms with Gasteiger partial charge in [-0.05, 0) is 48.4 Å². The zero-order chi connectivity index (χ0) is 23.3. The second-order valence-electron chi connectivity index (χ2n) is 7.43. The summed E-state index contributed by atoms with van der Waals surface area (Å²) < 4.78 is 39.2. The van der Waals surface area contributed by atoms with Gasteiger partial charge in [0.15, 0.2) is 11.5 Å². The summed E-state index contributed by atoms with van der Waals surface area (Å²) in [7, 11) is -3.98. The molecular formula is C24H23ClN2O5S. The Labute approximate surface area is 197 Å². The molecule has 1 aliphatic heterocycles. The van der Waals surface area contributed by atoms with Gasteiger partial charge in [0.1, 0.15) is 13.2 Å². The van der Waals surface area contributed by atoms with Crippen molar-refractivity contribution in [1.82, 2.24) is 4.31 Å². The van der Waals surface area contributed by atoms with Gasteiger partial charge in [-0.2, -0.15) is 4.31 Å². The zero-order valence-corrected chi connectivity index (χ0v) is 19.3. The fourth-order valence-corrected chi connectivity index (χ4v) is 4.95. The van der Waals surface area contributed by atoms with E-state index >= 15 is 0 Å². The minimum Gasteiger partial charge on any atom is -0.486 e. The summed E-state index contributed by atoms with van der Waals surface area (Å²) >= 11 is 5.89. The van der Waals surface area contributed by atoms with Crippen LogP contribution in [0.3, 0.4) is 0 Å². The van der Waals surface area contributed by atoms with E-state index in [0.717, 1.165) is 5.56 Å². The lowest BCUT2D eigenvalue weighted by Gasteiger charge is -2.24. The highest BCUT2D eigenvalue weighted by Gasteiger charge is 2.28. The minimum atomic E-state index is -3.98. The molecule has 0 saturated carbocycles. The van der Waals surface area contributed by atoms with E-state index < -0.39 is 15.9 Å². The molecule has 3 aromatic carbocycles. The van der Waals surface area contributed by atoms with Crippen LogP contribution in [0.15, 0.2) is 77.7 Å². The second-order valence-corrected chi connectivity index (χ2v) is 9.81. The van der Waals surface area contributed by atoms with Gasteiger partial charge in [0, 0.05) is 23.3 Å². The minimum absolute atomic E-state index is 0.0408. The number of hydrogen-bond donors (Lipinski definition) is 1. The van der Waals surface area contributed by atoms with Crippen molar-refractivity contribution in [1.29, 1.82) is 0 Å². The van der Waals surface area contributed by atoms with E-state index in [1.54, 1.807) is 30.3 Å². The van der Waals surface area contributed by atoms with Crippen molar-refractivity contribution in [2.75, 3.05) is 31.6 Å². The van der Waals surface area contributed by atoms with Crippen LogP contribution < -0.4 is 14.8 Å². The fraction of sp³-hybridized carbons (Fsp3) is 0.208. The van der Waals surface area contributed by atoms with Gasteiger partial charge in [-0.1, -0.05) is 41.9 Å². The SMILES string of the molecule is O=C(CN(CCc1ccccc1)S(=O)(=O)c1ccc2c(c1)OCCO2)Nc1ccc(Cl)cc1. The Morgan fingerprint density at radius 3 is 2.36 bits per heavy atom. The fourth-order valence-electron chi connectivity index (χ4n) is 3.41. The molecule has 33 heavy (non-hydrogen) atoms. The van der Waals surface area contributed by atoms with E-state index in [-0.39, 0.29) is 18.0 Å². The van der Waals surface area contributed by atoms with E-state index in [0.29, 0.717) is 41.8 Å². The summed E-state index contributed by atoms with van der Waals surface area (Å²) in [6.45, 7) is 0.548. The van der Waals surface area contributed by atoms with Crippen LogP contribution in [0.5, 0.6) is 11.5 Å². The maximum absolute atomic E-state index is 13.5. The number of ether oxygens (including phenoxy) is 2. The Bertz CT molecular complexity index is 1220. The maximum Gasteiger partial charge on any atom is 0.243 e. The van der Waals surface area contributed by atoms with Crippen molar-refractivity contribution in [2.24, 2.45) is 0 Å². The molecule has 1 heterocycles. The van der Waals surface area contributed by atoms with Crippen LogP contribution in [-0.2, 0) is 21.2 Å². The molecule has 0 unspecified atom stereocenters. The van der Waals surface area contributed by atoms with Crippen LogP contribution >= 0.6 is 11.6 Å². The molecule has 0 bridgehead atoms. The number of carbonyl (C=O) groups excluding carboxylic acids is 1. The third kappa shape index (κ3) is 5.84. The van der Waals surface area contributed by atoms with Crippen molar-refractivity contribution in [3.05, 3.63) is 83.4 Å². The van der Waals surface area contributed by atoms with Crippen LogP contribution in [0, 0.1) is 0 Å². The van der Waals surface area contributed by atoms with Crippen LogP contribution in [-0.4, -0.2) is 44.9 Å². The highest BCUT2D eigenvalue weighted by atomic mass is 35.5. The molecule has 0 spiro atoms. The maximum atomic E-state index is 13.5. The highest BCUT2D eigenvalue weighted by molar-refractivity contribution is 7.89. The number of anilines is 1. The molecule has 0 aromatic heterocycles. The van der Waals surface area contributed by atoms with Crippen molar-refractivity contribution < 1.29 is 22.7 Å². The molecule has 4 rings (SSSR count). The van der Waals surface area contributed by atoms with E-state index in [9.17, 15) is 13.2 Å². The Balaban J connectivity index is 1.56. The molecule has 0 aliphatic carbocycles. The highest BCUT2D eigenvalue weighted by Crippen LogP contribution is 2.33. The first kappa shape index (κ1) is 23.1. The number of rotatable bonds is 8. The van der Waals surface area contributed by atoms with Crippen LogP contribution in [0.25, 0.3) is 0 Å². The number of nitrogens with zero attached hydrogens (tertiary/aromatic N) is 1. The summed E-state index contributed by atoms with van der Waals surface area (Å²) in [6, 6.07) is 20.6. The predicted octanol–water partition coefficient (Wildman–Crippen LogP) is 3.98. The quantitative estimate of drug-likeness (QED) is 0.520. The zero-order valence-electron chi connectivity index (χ0n) is 17.7. The number of benzene rings is 3. The smallest absolute Gasteiger partial charge is 0.243 e. The van der Waals surface area contributed by atoms with Crippen LogP contribution in [0.4, 0.5) is 5.69 Å². The lowest BCUT2D eigenvalue weighted by molar-refractivity contribution is -0.116. The summed E-state index contributed by atoms with van der Waals surface area (Å²) in [6.07, 6.45) is 0.457. The van der Waals surface area contributed by atoms with Gasteiger partial charge in [0.25, 0.3) is 0 Å². The number of sulfonamides is 1. The molecule has 7 nitrogen and oxygen atoms in total. The first-order chi connectivity index (χ1) is 15.9. The van der Waals surface area contributed by atoms with Gasteiger partial charge in [-0.25, -0.2) is 8.42 Å². The van der Waals surface area contributed by atoms with Crippen molar-refractivity contribution in [2.45, 2.75) is 11.3 Å². The van der Waals surface area contributed by atoms with Crippen LogP contribution in [0.2, 0.25) is 5.02 Å². The average Bonchev–Trinajstić information content (AvgIpc) is 2.83. The number of halogens is 1.